The van der Waals surface area contributed by atoms with Crippen LogP contribution in [0.3, 0.4) is 0 Å². The second kappa shape index (κ2) is 8.72. The Morgan fingerprint density at radius 1 is 1.00 bits per heavy atom. The van der Waals surface area contributed by atoms with Crippen LogP contribution in [0.4, 0.5) is 11.9 Å². The van der Waals surface area contributed by atoms with Gasteiger partial charge in [-0.3, -0.25) is 0 Å². The highest BCUT2D eigenvalue weighted by atomic mass is 16.3. The van der Waals surface area contributed by atoms with Gasteiger partial charge in [-0.15, -0.1) is 0 Å². The topological polar surface area (TPSA) is 112 Å². The number of benzene rings is 2. The first-order chi connectivity index (χ1) is 15.6. The van der Waals surface area contributed by atoms with Gasteiger partial charge in [0.15, 0.2) is 5.82 Å². The van der Waals surface area contributed by atoms with Crippen molar-refractivity contribution in [2.45, 2.75) is 37.9 Å². The molecule has 2 aliphatic heterocycles. The number of phenolic OH excluding ortho intramolecular Hbond substituents is 1. The van der Waals surface area contributed by atoms with E-state index < -0.39 is 0 Å². The zero-order valence-corrected chi connectivity index (χ0v) is 17.9. The highest BCUT2D eigenvalue weighted by molar-refractivity contribution is 5.61. The van der Waals surface area contributed by atoms with Crippen LogP contribution in [0.5, 0.6) is 5.75 Å². The van der Waals surface area contributed by atoms with Crippen molar-refractivity contribution >= 4 is 11.9 Å². The van der Waals surface area contributed by atoms with Gasteiger partial charge in [0.1, 0.15) is 5.75 Å². The Kier molecular flexibility index (Phi) is 5.63. The molecule has 2 atom stereocenters. The van der Waals surface area contributed by atoms with Crippen LogP contribution in [0.2, 0.25) is 0 Å². The number of anilines is 2. The van der Waals surface area contributed by atoms with Crippen LogP contribution in [-0.2, 0) is 13.0 Å². The van der Waals surface area contributed by atoms with Crippen LogP contribution in [0.1, 0.15) is 24.0 Å². The van der Waals surface area contributed by atoms with Crippen LogP contribution in [0.15, 0.2) is 48.5 Å². The summed E-state index contributed by atoms with van der Waals surface area (Å²) in [7, 11) is 0. The highest BCUT2D eigenvalue weighted by Crippen LogP contribution is 2.30. The number of nitrogens with two attached hydrogens (primary N) is 1. The number of aromatic nitrogens is 3. The fraction of sp³-hybridized carbons (Fsp3) is 0.375. The maximum Gasteiger partial charge on any atom is 0.231 e. The van der Waals surface area contributed by atoms with Crippen LogP contribution in [0, 0.1) is 0 Å². The second-order valence-electron chi connectivity index (χ2n) is 8.59. The van der Waals surface area contributed by atoms with E-state index >= 15 is 0 Å². The Bertz CT molecular complexity index is 1110. The third-order valence-electron chi connectivity index (χ3n) is 6.28. The number of aliphatic hydroxyl groups is 1. The van der Waals surface area contributed by atoms with E-state index in [4.69, 9.17) is 20.7 Å². The average Bonchev–Trinajstić information content (AvgIpc) is 2.83. The Hall–Kier alpha value is -3.23. The van der Waals surface area contributed by atoms with E-state index in [2.05, 4.69) is 21.9 Å². The van der Waals surface area contributed by atoms with E-state index in [9.17, 15) is 10.2 Å². The van der Waals surface area contributed by atoms with E-state index in [1.54, 1.807) is 18.2 Å². The summed E-state index contributed by atoms with van der Waals surface area (Å²) in [6, 6.07) is 15.2. The molecule has 8 heteroatoms. The summed E-state index contributed by atoms with van der Waals surface area (Å²) in [5, 5.41) is 20.1. The van der Waals surface area contributed by atoms with Crippen molar-refractivity contribution in [1.29, 1.82) is 0 Å². The first-order valence-corrected chi connectivity index (χ1v) is 11.1. The zero-order valence-electron chi connectivity index (χ0n) is 17.9. The van der Waals surface area contributed by atoms with E-state index in [0.717, 1.165) is 25.8 Å². The molecule has 0 bridgehead atoms. The number of aromatic hydroxyl groups is 1. The van der Waals surface area contributed by atoms with E-state index in [-0.39, 0.29) is 24.4 Å². The molecule has 1 saturated heterocycles. The molecule has 5 rings (SSSR count). The van der Waals surface area contributed by atoms with Gasteiger partial charge in [-0.1, -0.05) is 36.4 Å². The van der Waals surface area contributed by atoms with Crippen molar-refractivity contribution in [3.8, 4) is 17.1 Å². The molecule has 2 aromatic carbocycles. The summed E-state index contributed by atoms with van der Waals surface area (Å²) in [5.41, 5.74) is 9.39. The van der Waals surface area contributed by atoms with Crippen LogP contribution in [-0.4, -0.2) is 56.9 Å². The molecule has 3 heterocycles. The number of phenols is 1. The largest absolute Gasteiger partial charge is 0.508 e. The van der Waals surface area contributed by atoms with Crippen molar-refractivity contribution in [1.82, 2.24) is 15.0 Å². The lowest BCUT2D eigenvalue weighted by Gasteiger charge is -2.37. The van der Waals surface area contributed by atoms with Gasteiger partial charge in [-0.05, 0) is 42.5 Å². The number of aliphatic hydroxyl groups excluding tert-OH is 1. The quantitative estimate of drug-likeness (QED) is 0.575. The number of hydrogen-bond donors (Lipinski definition) is 3. The molecular weight excluding hydrogens is 404 g/mol. The molecule has 1 aromatic heterocycles. The van der Waals surface area contributed by atoms with Crippen LogP contribution >= 0.6 is 0 Å². The highest BCUT2D eigenvalue weighted by Gasteiger charge is 2.29. The minimum Gasteiger partial charge on any atom is -0.508 e. The maximum absolute atomic E-state index is 10.2. The first-order valence-electron chi connectivity index (χ1n) is 11.1. The van der Waals surface area contributed by atoms with Crippen molar-refractivity contribution in [3.05, 3.63) is 59.7 Å². The molecule has 2 aliphatic rings. The third kappa shape index (κ3) is 4.11. The Morgan fingerprint density at radius 3 is 2.59 bits per heavy atom. The Morgan fingerprint density at radius 2 is 1.81 bits per heavy atom. The number of piperidine rings is 1. The fourth-order valence-electron chi connectivity index (χ4n) is 4.57. The summed E-state index contributed by atoms with van der Waals surface area (Å²) in [4.78, 5) is 18.5. The fourth-order valence-corrected chi connectivity index (χ4v) is 4.57. The Labute approximate surface area is 187 Å². The number of hydrogen-bond acceptors (Lipinski definition) is 8. The van der Waals surface area contributed by atoms with Gasteiger partial charge >= 0.3 is 0 Å². The van der Waals surface area contributed by atoms with Gasteiger partial charge in [0, 0.05) is 31.2 Å². The van der Waals surface area contributed by atoms with Gasteiger partial charge in [0.2, 0.25) is 11.9 Å². The van der Waals surface area contributed by atoms with Gasteiger partial charge in [0.25, 0.3) is 0 Å². The predicted molar refractivity (Wildman–Crippen MR) is 124 cm³/mol. The number of nitrogens with zero attached hydrogens (tertiary/aromatic N) is 5. The summed E-state index contributed by atoms with van der Waals surface area (Å²) in [6.07, 6.45) is 2.70. The molecule has 0 aliphatic carbocycles. The number of rotatable bonds is 4. The van der Waals surface area contributed by atoms with Crippen molar-refractivity contribution in [3.63, 3.8) is 0 Å². The molecule has 32 heavy (non-hydrogen) atoms. The van der Waals surface area contributed by atoms with Gasteiger partial charge in [-0.25, -0.2) is 0 Å². The van der Waals surface area contributed by atoms with Gasteiger partial charge in [0.05, 0.1) is 12.6 Å². The van der Waals surface area contributed by atoms with E-state index in [1.807, 2.05) is 18.2 Å². The van der Waals surface area contributed by atoms with E-state index in [0.29, 0.717) is 36.4 Å². The van der Waals surface area contributed by atoms with Crippen LogP contribution in [0.25, 0.3) is 11.4 Å². The molecule has 1 unspecified atom stereocenters. The molecule has 8 nitrogen and oxygen atoms in total. The molecular formula is C24H28N6O2. The summed E-state index contributed by atoms with van der Waals surface area (Å²) in [5.74, 6) is 1.77. The van der Waals surface area contributed by atoms with Gasteiger partial charge < -0.3 is 25.7 Å². The lowest BCUT2D eigenvalue weighted by molar-refractivity contribution is 0.252. The molecule has 0 radical (unpaired) electrons. The molecule has 4 N–H and O–H groups in total. The summed E-state index contributed by atoms with van der Waals surface area (Å²) >= 11 is 0. The average molecular weight is 433 g/mol. The number of fused-ring (bicyclic) bond motifs is 1. The third-order valence-corrected chi connectivity index (χ3v) is 6.28. The molecule has 0 amide bonds. The molecule has 166 valence electrons. The molecule has 0 spiro atoms. The SMILES string of the molecule is NC1CCCN(c2nc(-c3cccc(O)c3)nc(N3Cc4ccccc4C[C@@H]3CO)n2)C1. The lowest BCUT2D eigenvalue weighted by atomic mass is 9.94. The van der Waals surface area contributed by atoms with Crippen molar-refractivity contribution in [2.75, 3.05) is 29.5 Å². The first kappa shape index (κ1) is 20.7. The maximum atomic E-state index is 10.2. The van der Waals surface area contributed by atoms with Crippen LogP contribution < -0.4 is 15.5 Å². The summed E-state index contributed by atoms with van der Waals surface area (Å²) < 4.78 is 0. The van der Waals surface area contributed by atoms with Gasteiger partial charge in [-0.2, -0.15) is 15.0 Å². The normalized spacial score (nSPS) is 20.8. The molecule has 1 fully saturated rings. The minimum absolute atomic E-state index is 0.00535. The lowest BCUT2D eigenvalue weighted by Crippen LogP contribution is -2.45. The van der Waals surface area contributed by atoms with Crippen molar-refractivity contribution in [2.24, 2.45) is 5.73 Å². The molecule has 0 saturated carbocycles. The minimum atomic E-state index is -0.124. The van der Waals surface area contributed by atoms with E-state index in [1.165, 1.54) is 11.1 Å². The second-order valence-corrected chi connectivity index (χ2v) is 8.59. The summed E-state index contributed by atoms with van der Waals surface area (Å²) in [6.45, 7) is 2.15. The smallest absolute Gasteiger partial charge is 0.231 e. The predicted octanol–water partition coefficient (Wildman–Crippen LogP) is 2.10. The standard InChI is InChI=1S/C24H28N6O2/c25-19-8-4-10-29(14-19)23-26-22(17-7-3-9-21(32)12-17)27-24(28-23)30-13-18-6-2-1-5-16(18)11-20(30)15-31/h1-3,5-7,9,12,19-20,31-32H,4,8,10-11,13-15,25H2/t19?,20-/m1/s1. The Balaban J connectivity index is 1.59. The zero-order chi connectivity index (χ0) is 22.1. The molecule has 3 aromatic rings. The monoisotopic (exact) mass is 432 g/mol. The van der Waals surface area contributed by atoms with Crippen molar-refractivity contribution < 1.29 is 10.2 Å².